The molecule has 0 aliphatic heterocycles. The molecule has 0 aromatic carbocycles. The van der Waals surface area contributed by atoms with E-state index in [4.69, 9.17) is 0 Å². The van der Waals surface area contributed by atoms with E-state index in [1.54, 1.807) is 12.4 Å². The molecular weight excluding hydrogens is 174 g/mol. The summed E-state index contributed by atoms with van der Waals surface area (Å²) in [6, 6.07) is 3.86. The molecule has 1 N–H and O–H groups in total. The summed E-state index contributed by atoms with van der Waals surface area (Å²) in [5.74, 6) is 0. The summed E-state index contributed by atoms with van der Waals surface area (Å²) in [6.07, 6.45) is 6.56. The molecule has 2 rings (SSSR count). The summed E-state index contributed by atoms with van der Waals surface area (Å²) in [5, 5.41) is 10.7. The van der Waals surface area contributed by atoms with Gasteiger partial charge < -0.3 is 5.11 Å². The molecule has 76 valence electrons. The third-order valence-corrected chi connectivity index (χ3v) is 3.60. The van der Waals surface area contributed by atoms with Crippen LogP contribution in [0.3, 0.4) is 0 Å². The number of pyridine rings is 1. The van der Waals surface area contributed by atoms with E-state index in [0.717, 1.165) is 24.8 Å². The number of hydrogen-bond acceptors (Lipinski definition) is 2. The van der Waals surface area contributed by atoms with Crippen molar-refractivity contribution in [1.82, 2.24) is 4.98 Å². The lowest BCUT2D eigenvalue weighted by Gasteiger charge is -2.36. The van der Waals surface area contributed by atoms with Gasteiger partial charge in [-0.05, 0) is 30.7 Å². The summed E-state index contributed by atoms with van der Waals surface area (Å²) >= 11 is 0. The molecule has 1 aliphatic rings. The number of aliphatic hydroxyl groups is 1. The van der Waals surface area contributed by atoms with Crippen molar-refractivity contribution >= 4 is 0 Å². The Morgan fingerprint density at radius 3 is 2.64 bits per heavy atom. The fourth-order valence-electron chi connectivity index (χ4n) is 2.47. The average molecular weight is 191 g/mol. The fraction of sp³-hybridized carbons (Fsp3) is 0.583. The van der Waals surface area contributed by atoms with Crippen LogP contribution in [0.2, 0.25) is 0 Å². The predicted molar refractivity (Wildman–Crippen MR) is 55.8 cm³/mol. The number of nitrogens with zero attached hydrogens (tertiary/aromatic N) is 1. The lowest BCUT2D eigenvalue weighted by molar-refractivity contribution is -0.0487. The van der Waals surface area contributed by atoms with Gasteiger partial charge in [-0.1, -0.05) is 19.9 Å². The van der Waals surface area contributed by atoms with Gasteiger partial charge in [0.2, 0.25) is 0 Å². The highest BCUT2D eigenvalue weighted by Gasteiger charge is 2.48. The van der Waals surface area contributed by atoms with E-state index in [1.165, 1.54) is 0 Å². The van der Waals surface area contributed by atoms with E-state index in [1.807, 2.05) is 12.1 Å². The molecule has 1 fully saturated rings. The van der Waals surface area contributed by atoms with Gasteiger partial charge in [0.1, 0.15) is 0 Å². The molecule has 1 saturated carbocycles. The first-order chi connectivity index (χ1) is 6.56. The summed E-state index contributed by atoms with van der Waals surface area (Å²) in [7, 11) is 0. The van der Waals surface area contributed by atoms with E-state index in [9.17, 15) is 5.11 Å². The maximum Gasteiger partial charge on any atom is 0.0961 e. The van der Waals surface area contributed by atoms with Crippen LogP contribution >= 0.6 is 0 Å². The zero-order valence-electron chi connectivity index (χ0n) is 8.83. The van der Waals surface area contributed by atoms with Crippen LogP contribution < -0.4 is 0 Å². The molecule has 2 heteroatoms. The fourth-order valence-corrected chi connectivity index (χ4v) is 2.47. The third-order valence-electron chi connectivity index (χ3n) is 3.60. The molecule has 1 unspecified atom stereocenters. The Balaban J connectivity index is 2.42. The number of hydrogen-bond donors (Lipinski definition) is 1. The van der Waals surface area contributed by atoms with Gasteiger partial charge in [-0.2, -0.15) is 0 Å². The summed E-state index contributed by atoms with van der Waals surface area (Å²) < 4.78 is 0. The molecule has 0 amide bonds. The lowest BCUT2D eigenvalue weighted by Crippen LogP contribution is -2.36. The highest BCUT2D eigenvalue weighted by atomic mass is 16.3. The summed E-state index contributed by atoms with van der Waals surface area (Å²) in [6.45, 7) is 4.26. The second kappa shape index (κ2) is 3.06. The van der Waals surface area contributed by atoms with Crippen LogP contribution in [0.4, 0.5) is 0 Å². The van der Waals surface area contributed by atoms with Gasteiger partial charge in [-0.15, -0.1) is 0 Å². The minimum atomic E-state index is -0.679. The maximum atomic E-state index is 10.7. The zero-order chi connectivity index (χ0) is 10.2. The van der Waals surface area contributed by atoms with Crippen LogP contribution in [-0.2, 0) is 5.60 Å². The minimum Gasteiger partial charge on any atom is -0.385 e. The topological polar surface area (TPSA) is 33.1 Å². The minimum absolute atomic E-state index is 0.0317. The maximum absolute atomic E-state index is 10.7. The smallest absolute Gasteiger partial charge is 0.0961 e. The SMILES string of the molecule is CC1(C)CCCC1(O)c1cccnc1. The highest BCUT2D eigenvalue weighted by molar-refractivity contribution is 5.23. The third kappa shape index (κ3) is 1.25. The molecule has 0 spiro atoms. The number of aromatic nitrogens is 1. The van der Waals surface area contributed by atoms with Gasteiger partial charge in [-0.25, -0.2) is 0 Å². The van der Waals surface area contributed by atoms with Crippen molar-refractivity contribution in [2.45, 2.75) is 38.7 Å². The van der Waals surface area contributed by atoms with Crippen molar-refractivity contribution in [2.75, 3.05) is 0 Å². The van der Waals surface area contributed by atoms with E-state index in [0.29, 0.717) is 0 Å². The lowest BCUT2D eigenvalue weighted by atomic mass is 9.74. The van der Waals surface area contributed by atoms with Crippen LogP contribution in [0.25, 0.3) is 0 Å². The van der Waals surface area contributed by atoms with Crippen molar-refractivity contribution in [3.63, 3.8) is 0 Å². The molecule has 14 heavy (non-hydrogen) atoms. The van der Waals surface area contributed by atoms with Crippen LogP contribution in [-0.4, -0.2) is 10.1 Å². The standard InChI is InChI=1S/C12H17NO/c1-11(2)6-4-7-12(11,14)10-5-3-8-13-9-10/h3,5,8-9,14H,4,6-7H2,1-2H3. The first kappa shape index (κ1) is 9.66. The van der Waals surface area contributed by atoms with Gasteiger partial charge in [0, 0.05) is 18.0 Å². The quantitative estimate of drug-likeness (QED) is 0.739. The van der Waals surface area contributed by atoms with Gasteiger partial charge in [0.15, 0.2) is 0 Å². The molecule has 0 radical (unpaired) electrons. The van der Waals surface area contributed by atoms with Gasteiger partial charge in [0.05, 0.1) is 5.60 Å². The monoisotopic (exact) mass is 191 g/mol. The molecule has 2 nitrogen and oxygen atoms in total. The van der Waals surface area contributed by atoms with Crippen LogP contribution in [0.1, 0.15) is 38.7 Å². The second-order valence-electron chi connectivity index (χ2n) is 4.84. The Kier molecular flexibility index (Phi) is 2.11. The molecule has 1 aromatic rings. The molecule has 0 bridgehead atoms. The molecule has 0 saturated heterocycles. The molecule has 1 atom stereocenters. The Morgan fingerprint density at radius 2 is 2.14 bits per heavy atom. The van der Waals surface area contributed by atoms with Crippen LogP contribution in [0.15, 0.2) is 24.5 Å². The van der Waals surface area contributed by atoms with Gasteiger partial charge in [0.25, 0.3) is 0 Å². The Hall–Kier alpha value is -0.890. The van der Waals surface area contributed by atoms with Crippen molar-refractivity contribution < 1.29 is 5.11 Å². The second-order valence-corrected chi connectivity index (χ2v) is 4.84. The highest BCUT2D eigenvalue weighted by Crippen LogP contribution is 2.51. The van der Waals surface area contributed by atoms with Gasteiger partial charge >= 0.3 is 0 Å². The van der Waals surface area contributed by atoms with Crippen molar-refractivity contribution in [1.29, 1.82) is 0 Å². The van der Waals surface area contributed by atoms with Crippen molar-refractivity contribution in [3.05, 3.63) is 30.1 Å². The van der Waals surface area contributed by atoms with E-state index in [2.05, 4.69) is 18.8 Å². The Morgan fingerprint density at radius 1 is 1.36 bits per heavy atom. The van der Waals surface area contributed by atoms with E-state index in [-0.39, 0.29) is 5.41 Å². The van der Waals surface area contributed by atoms with Crippen molar-refractivity contribution in [2.24, 2.45) is 5.41 Å². The number of rotatable bonds is 1. The zero-order valence-corrected chi connectivity index (χ0v) is 8.83. The molecule has 1 aliphatic carbocycles. The summed E-state index contributed by atoms with van der Waals surface area (Å²) in [5.41, 5.74) is 0.250. The first-order valence-corrected chi connectivity index (χ1v) is 5.19. The largest absolute Gasteiger partial charge is 0.385 e. The van der Waals surface area contributed by atoms with E-state index < -0.39 is 5.60 Å². The Labute approximate surface area is 85.0 Å². The Bertz CT molecular complexity index is 320. The molecular formula is C12H17NO. The van der Waals surface area contributed by atoms with Crippen LogP contribution in [0.5, 0.6) is 0 Å². The summed E-state index contributed by atoms with van der Waals surface area (Å²) in [4.78, 5) is 4.08. The molecule has 1 heterocycles. The van der Waals surface area contributed by atoms with Gasteiger partial charge in [-0.3, -0.25) is 4.98 Å². The predicted octanol–water partition coefficient (Wildman–Crippen LogP) is 2.48. The normalized spacial score (nSPS) is 30.5. The first-order valence-electron chi connectivity index (χ1n) is 5.19. The average Bonchev–Trinajstić information content (AvgIpc) is 2.44. The molecule has 1 aromatic heterocycles. The van der Waals surface area contributed by atoms with Crippen LogP contribution in [0, 0.1) is 5.41 Å². The van der Waals surface area contributed by atoms with E-state index >= 15 is 0 Å². The van der Waals surface area contributed by atoms with Crippen molar-refractivity contribution in [3.8, 4) is 0 Å².